The quantitative estimate of drug-likeness (QED) is 0.356. The molecule has 152 valence electrons. The molecular weight excluding hydrogens is 417 g/mol. The predicted molar refractivity (Wildman–Crippen MR) is 112 cm³/mol. The molecule has 3 aliphatic rings. The predicted octanol–water partition coefficient (Wildman–Crippen LogP) is 5.14. The number of carbonyl (C=O) groups excluding carboxylic acids is 1. The molecule has 0 spiro atoms. The van der Waals surface area contributed by atoms with Crippen molar-refractivity contribution in [2.45, 2.75) is 69.1 Å². The number of hydrogen-bond donors (Lipinski definition) is 0. The number of hydrogen-bond acceptors (Lipinski definition) is 4. The van der Waals surface area contributed by atoms with Gasteiger partial charge in [0.1, 0.15) is 0 Å². The van der Waals surface area contributed by atoms with Crippen LogP contribution in [-0.2, 0) is 9.57 Å². The summed E-state index contributed by atoms with van der Waals surface area (Å²) in [5, 5.41) is 5.68. The Kier molecular flexibility index (Phi) is 5.70. The molecule has 1 aromatic rings. The van der Waals surface area contributed by atoms with E-state index in [4.69, 9.17) is 9.57 Å². The van der Waals surface area contributed by atoms with Crippen LogP contribution in [0.5, 0.6) is 0 Å². The summed E-state index contributed by atoms with van der Waals surface area (Å²) in [7, 11) is 0. The van der Waals surface area contributed by atoms with Gasteiger partial charge >= 0.3 is 175 Å². The molecule has 1 aliphatic heterocycles. The van der Waals surface area contributed by atoms with Gasteiger partial charge in [-0.05, 0) is 0 Å². The summed E-state index contributed by atoms with van der Waals surface area (Å²) in [5.74, 6) is 0.273. The second kappa shape index (κ2) is 7.93. The van der Waals surface area contributed by atoms with Crippen LogP contribution in [0, 0.1) is 16.7 Å². The number of benzene rings is 1. The van der Waals surface area contributed by atoms with Gasteiger partial charge in [0.15, 0.2) is 0 Å². The van der Waals surface area contributed by atoms with Gasteiger partial charge in [0.05, 0.1) is 0 Å². The Labute approximate surface area is 174 Å². The maximum absolute atomic E-state index is 12.4. The molecule has 3 fully saturated rings. The van der Waals surface area contributed by atoms with Crippen LogP contribution in [0.4, 0.5) is 0 Å². The summed E-state index contributed by atoms with van der Waals surface area (Å²) in [6.45, 7) is 8.00. The molecule has 2 saturated carbocycles. The summed E-state index contributed by atoms with van der Waals surface area (Å²) in [6.07, 6.45) is 6.48. The van der Waals surface area contributed by atoms with Crippen molar-refractivity contribution in [2.75, 3.05) is 6.61 Å². The molecule has 1 aromatic carbocycles. The molecule has 5 heteroatoms. The van der Waals surface area contributed by atoms with Gasteiger partial charge in [0.25, 0.3) is 0 Å². The fourth-order valence-electron chi connectivity index (χ4n) is 5.24. The Morgan fingerprint density at radius 1 is 1.21 bits per heavy atom. The van der Waals surface area contributed by atoms with Crippen molar-refractivity contribution < 1.29 is 14.4 Å². The zero-order valence-electron chi connectivity index (χ0n) is 17.1. The first-order valence-electron chi connectivity index (χ1n) is 10.5. The van der Waals surface area contributed by atoms with Gasteiger partial charge in [-0.15, -0.1) is 0 Å². The van der Waals surface area contributed by atoms with E-state index in [1.807, 2.05) is 18.2 Å². The van der Waals surface area contributed by atoms with Crippen molar-refractivity contribution in [1.29, 1.82) is 0 Å². The van der Waals surface area contributed by atoms with Crippen LogP contribution in [0.15, 0.2) is 35.5 Å². The van der Waals surface area contributed by atoms with E-state index >= 15 is 0 Å². The fourth-order valence-corrected chi connectivity index (χ4v) is 9.13. The van der Waals surface area contributed by atoms with E-state index in [1.165, 1.54) is 25.7 Å². The first kappa shape index (κ1) is 20.1. The third kappa shape index (κ3) is 3.46. The summed E-state index contributed by atoms with van der Waals surface area (Å²) >= 11 is 0.417. The summed E-state index contributed by atoms with van der Waals surface area (Å²) in [4.78, 5) is 18.4. The number of ether oxygens (including phenoxy) is 1. The van der Waals surface area contributed by atoms with Crippen molar-refractivity contribution in [3.8, 4) is 0 Å². The zero-order chi connectivity index (χ0) is 19.8. The summed E-state index contributed by atoms with van der Waals surface area (Å²) in [6, 6.07) is 9.14. The second-order valence-electron chi connectivity index (χ2n) is 9.16. The monoisotopic (exact) mass is 449 g/mol. The van der Waals surface area contributed by atoms with Crippen molar-refractivity contribution in [3.63, 3.8) is 0 Å². The third-order valence-corrected chi connectivity index (χ3v) is 10.6. The van der Waals surface area contributed by atoms with Gasteiger partial charge in [-0.3, -0.25) is 0 Å². The molecule has 0 amide bonds. The van der Waals surface area contributed by atoms with Crippen molar-refractivity contribution >= 4 is 26.6 Å². The summed E-state index contributed by atoms with van der Waals surface area (Å²) in [5.41, 5.74) is 1.91. The molecule has 28 heavy (non-hydrogen) atoms. The number of fused-ring (bicyclic) bond motifs is 2. The standard InChI is InChI=1S/C23H31NO3Se/c1-22(2)18-12-13-23(22,3)20(19(18)28-15-17-11-7-8-14-26-17)24-27-21(25)16-9-5-4-6-10-16/h4-6,9-10,17-19H,7-8,11-15H2,1-3H3/b24-20-/t17?,18-,19+,23+/m1/s1. The molecule has 4 nitrogen and oxygen atoms in total. The molecule has 1 heterocycles. The van der Waals surface area contributed by atoms with Crippen LogP contribution in [0.2, 0.25) is 10.1 Å². The SMILES string of the molecule is CC1(C)[C@@H]2CC[C@@]1(C)/C(=N\OC(=O)c1ccccc1)[C@H]2[Se]CC1CCCCO1. The van der Waals surface area contributed by atoms with Crippen LogP contribution in [0.1, 0.15) is 63.2 Å². The molecule has 1 saturated heterocycles. The Morgan fingerprint density at radius 2 is 2.00 bits per heavy atom. The van der Waals surface area contributed by atoms with Crippen LogP contribution in [0.3, 0.4) is 0 Å². The first-order chi connectivity index (χ1) is 13.4. The fraction of sp³-hybridized carbons (Fsp3) is 0.652. The normalized spacial score (nSPS) is 35.2. The number of oxime groups is 1. The zero-order valence-corrected chi connectivity index (χ0v) is 18.9. The topological polar surface area (TPSA) is 47.9 Å². The second-order valence-corrected chi connectivity index (χ2v) is 11.6. The number of nitrogens with zero attached hydrogens (tertiary/aromatic N) is 1. The van der Waals surface area contributed by atoms with Gasteiger partial charge in [-0.25, -0.2) is 0 Å². The number of rotatable bonds is 5. The van der Waals surface area contributed by atoms with E-state index in [0.29, 0.717) is 37.4 Å². The molecule has 1 unspecified atom stereocenters. The Bertz CT molecular complexity index is 741. The van der Waals surface area contributed by atoms with E-state index < -0.39 is 0 Å². The molecule has 2 aliphatic carbocycles. The van der Waals surface area contributed by atoms with Gasteiger partial charge in [0.2, 0.25) is 0 Å². The number of carbonyl (C=O) groups is 1. The average molecular weight is 448 g/mol. The molecule has 4 rings (SSSR count). The van der Waals surface area contributed by atoms with E-state index in [2.05, 4.69) is 25.9 Å². The molecule has 2 bridgehead atoms. The third-order valence-electron chi connectivity index (χ3n) is 7.48. The van der Waals surface area contributed by atoms with Gasteiger partial charge in [0, 0.05) is 0 Å². The van der Waals surface area contributed by atoms with Crippen LogP contribution in [0.25, 0.3) is 0 Å². The minimum atomic E-state index is -0.362. The average Bonchev–Trinajstić information content (AvgIpc) is 3.04. The van der Waals surface area contributed by atoms with Crippen molar-refractivity contribution in [3.05, 3.63) is 35.9 Å². The Hall–Kier alpha value is -1.16. The van der Waals surface area contributed by atoms with E-state index in [1.54, 1.807) is 12.1 Å². The molecule has 0 aromatic heterocycles. The van der Waals surface area contributed by atoms with Crippen molar-refractivity contribution in [2.24, 2.45) is 21.9 Å². The Morgan fingerprint density at radius 3 is 2.71 bits per heavy atom. The molecular formula is C23H31NO3Se. The first-order valence-corrected chi connectivity index (χ1v) is 12.7. The maximum atomic E-state index is 12.4. The molecule has 0 N–H and O–H groups in total. The summed E-state index contributed by atoms with van der Waals surface area (Å²) < 4.78 is 5.98. The van der Waals surface area contributed by atoms with Gasteiger partial charge in [-0.1, -0.05) is 0 Å². The van der Waals surface area contributed by atoms with Gasteiger partial charge in [-0.2, -0.15) is 0 Å². The van der Waals surface area contributed by atoms with E-state index in [0.717, 1.165) is 24.1 Å². The van der Waals surface area contributed by atoms with Crippen LogP contribution < -0.4 is 0 Å². The van der Waals surface area contributed by atoms with E-state index in [-0.39, 0.29) is 16.8 Å². The molecule has 4 atom stereocenters. The van der Waals surface area contributed by atoms with Crippen LogP contribution in [-0.4, -0.2) is 39.3 Å². The molecule has 0 radical (unpaired) electrons. The Balaban J connectivity index is 1.52. The minimum absolute atomic E-state index is 0.0223. The van der Waals surface area contributed by atoms with Crippen molar-refractivity contribution in [1.82, 2.24) is 0 Å². The van der Waals surface area contributed by atoms with E-state index in [9.17, 15) is 4.79 Å². The van der Waals surface area contributed by atoms with Crippen LogP contribution >= 0.6 is 0 Å². The van der Waals surface area contributed by atoms with Gasteiger partial charge < -0.3 is 0 Å².